The molecule has 0 saturated carbocycles. The van der Waals surface area contributed by atoms with Gasteiger partial charge in [-0.1, -0.05) is 42.0 Å². The topological polar surface area (TPSA) is 56.7 Å². The van der Waals surface area contributed by atoms with Crippen LogP contribution in [0.3, 0.4) is 0 Å². The summed E-state index contributed by atoms with van der Waals surface area (Å²) in [6.07, 6.45) is 1.74. The van der Waals surface area contributed by atoms with E-state index in [0.717, 1.165) is 16.9 Å². The first kappa shape index (κ1) is 13.5. The van der Waals surface area contributed by atoms with E-state index in [1.165, 1.54) is 11.1 Å². The maximum absolute atomic E-state index is 6.36. The summed E-state index contributed by atoms with van der Waals surface area (Å²) in [5, 5.41) is 8.82. The Hall–Kier alpha value is -2.46. The van der Waals surface area contributed by atoms with E-state index >= 15 is 0 Å². The number of hydrogen-bond acceptors (Lipinski definition) is 3. The number of nitrogens with zero attached hydrogens (tertiary/aromatic N) is 3. The molecule has 3 rings (SSSR count). The molecular weight excluding hydrogens is 260 g/mol. The van der Waals surface area contributed by atoms with Gasteiger partial charge in [-0.2, -0.15) is 15.0 Å². The van der Waals surface area contributed by atoms with Crippen LogP contribution in [0.2, 0.25) is 0 Å². The van der Waals surface area contributed by atoms with Gasteiger partial charge >= 0.3 is 0 Å². The number of benzene rings is 2. The van der Waals surface area contributed by atoms with Crippen molar-refractivity contribution < 1.29 is 0 Å². The van der Waals surface area contributed by atoms with E-state index < -0.39 is 0 Å². The predicted octanol–water partition coefficient (Wildman–Crippen LogP) is 2.93. The average molecular weight is 278 g/mol. The Morgan fingerprint density at radius 1 is 1.05 bits per heavy atom. The minimum absolute atomic E-state index is 0.262. The molecule has 0 amide bonds. The van der Waals surface area contributed by atoms with E-state index in [1.807, 2.05) is 30.3 Å². The maximum atomic E-state index is 6.36. The lowest BCUT2D eigenvalue weighted by Gasteiger charge is -2.13. The molecule has 0 fully saturated rings. The lowest BCUT2D eigenvalue weighted by Crippen LogP contribution is -2.14. The number of para-hydroxylation sites is 1. The monoisotopic (exact) mass is 278 g/mol. The van der Waals surface area contributed by atoms with Crippen molar-refractivity contribution >= 4 is 0 Å². The molecule has 2 N–H and O–H groups in total. The summed E-state index contributed by atoms with van der Waals surface area (Å²) in [5.74, 6) is 0. The van der Waals surface area contributed by atoms with E-state index in [9.17, 15) is 0 Å². The average Bonchev–Trinajstić information content (AvgIpc) is 3.00. The summed E-state index contributed by atoms with van der Waals surface area (Å²) >= 11 is 0. The zero-order valence-electron chi connectivity index (χ0n) is 12.2. The van der Waals surface area contributed by atoms with Gasteiger partial charge < -0.3 is 5.73 Å². The van der Waals surface area contributed by atoms with Crippen LogP contribution in [0.15, 0.2) is 54.7 Å². The van der Waals surface area contributed by atoms with E-state index in [1.54, 1.807) is 11.0 Å². The van der Waals surface area contributed by atoms with Crippen LogP contribution in [0.25, 0.3) is 5.69 Å². The summed E-state index contributed by atoms with van der Waals surface area (Å²) in [7, 11) is 0. The lowest BCUT2D eigenvalue weighted by molar-refractivity contribution is 0.718. The largest absolute Gasteiger partial charge is 0.319 e. The first-order valence-electron chi connectivity index (χ1n) is 6.95. The molecule has 0 radical (unpaired) electrons. The molecule has 1 unspecified atom stereocenters. The maximum Gasteiger partial charge on any atom is 0.104 e. The fraction of sp³-hybridized carbons (Fsp3) is 0.176. The van der Waals surface area contributed by atoms with Crippen molar-refractivity contribution in [3.63, 3.8) is 0 Å². The summed E-state index contributed by atoms with van der Waals surface area (Å²) in [4.78, 5) is 1.61. The molecule has 4 heteroatoms. The van der Waals surface area contributed by atoms with E-state index in [0.29, 0.717) is 0 Å². The molecule has 0 bridgehead atoms. The van der Waals surface area contributed by atoms with Gasteiger partial charge in [-0.25, -0.2) is 0 Å². The van der Waals surface area contributed by atoms with Crippen LogP contribution in [-0.2, 0) is 0 Å². The second-order valence-electron chi connectivity index (χ2n) is 5.23. The SMILES string of the molecule is Cc1ccc(C)c(C(N)c2cnn(-c3ccccc3)n2)c1. The summed E-state index contributed by atoms with van der Waals surface area (Å²) in [6, 6.07) is 15.9. The van der Waals surface area contributed by atoms with Gasteiger partial charge in [0.1, 0.15) is 5.69 Å². The van der Waals surface area contributed by atoms with Crippen molar-refractivity contribution in [2.75, 3.05) is 0 Å². The highest BCUT2D eigenvalue weighted by Crippen LogP contribution is 2.22. The Labute approximate surface area is 124 Å². The molecule has 4 nitrogen and oxygen atoms in total. The second kappa shape index (κ2) is 5.50. The molecule has 1 heterocycles. The molecule has 1 atom stereocenters. The van der Waals surface area contributed by atoms with Crippen molar-refractivity contribution in [1.29, 1.82) is 0 Å². The fourth-order valence-corrected chi connectivity index (χ4v) is 2.36. The number of nitrogens with two attached hydrogens (primary N) is 1. The van der Waals surface area contributed by atoms with Gasteiger partial charge in [0, 0.05) is 0 Å². The molecule has 2 aromatic carbocycles. The van der Waals surface area contributed by atoms with Gasteiger partial charge in [-0.3, -0.25) is 0 Å². The fourth-order valence-electron chi connectivity index (χ4n) is 2.36. The van der Waals surface area contributed by atoms with E-state index in [4.69, 9.17) is 5.73 Å². The summed E-state index contributed by atoms with van der Waals surface area (Å²) in [6.45, 7) is 4.13. The van der Waals surface area contributed by atoms with Crippen LogP contribution in [0.5, 0.6) is 0 Å². The molecule has 3 aromatic rings. The molecule has 0 aliphatic carbocycles. The predicted molar refractivity (Wildman–Crippen MR) is 83.3 cm³/mol. The quantitative estimate of drug-likeness (QED) is 0.801. The van der Waals surface area contributed by atoms with Crippen molar-refractivity contribution in [2.45, 2.75) is 19.9 Å². The van der Waals surface area contributed by atoms with Crippen LogP contribution in [0.1, 0.15) is 28.4 Å². The van der Waals surface area contributed by atoms with Gasteiger partial charge in [-0.05, 0) is 37.1 Å². The summed E-state index contributed by atoms with van der Waals surface area (Å²) < 4.78 is 0. The lowest BCUT2D eigenvalue weighted by atomic mass is 9.98. The Balaban J connectivity index is 1.94. The Morgan fingerprint density at radius 2 is 1.81 bits per heavy atom. The standard InChI is InChI=1S/C17H18N4/c1-12-8-9-13(2)15(10-12)17(18)16-11-19-21(20-16)14-6-4-3-5-7-14/h3-11,17H,18H2,1-2H3. The third-order valence-corrected chi connectivity index (χ3v) is 3.59. The van der Waals surface area contributed by atoms with Gasteiger partial charge in [0.25, 0.3) is 0 Å². The summed E-state index contributed by atoms with van der Waals surface area (Å²) in [5.41, 5.74) is 11.5. The highest BCUT2D eigenvalue weighted by molar-refractivity contribution is 5.37. The van der Waals surface area contributed by atoms with Crippen LogP contribution in [0, 0.1) is 13.8 Å². The van der Waals surface area contributed by atoms with Crippen molar-refractivity contribution in [3.8, 4) is 5.69 Å². The molecular formula is C17H18N4. The van der Waals surface area contributed by atoms with Gasteiger partial charge in [0.05, 0.1) is 17.9 Å². The zero-order chi connectivity index (χ0) is 14.8. The highest BCUT2D eigenvalue weighted by Gasteiger charge is 2.15. The van der Waals surface area contributed by atoms with Crippen molar-refractivity contribution in [2.24, 2.45) is 5.73 Å². The van der Waals surface area contributed by atoms with Gasteiger partial charge in [0.15, 0.2) is 0 Å². The van der Waals surface area contributed by atoms with Crippen LogP contribution >= 0.6 is 0 Å². The number of rotatable bonds is 3. The minimum atomic E-state index is -0.262. The van der Waals surface area contributed by atoms with E-state index in [2.05, 4.69) is 42.2 Å². The third kappa shape index (κ3) is 2.71. The van der Waals surface area contributed by atoms with Crippen LogP contribution < -0.4 is 5.73 Å². The Morgan fingerprint density at radius 3 is 2.57 bits per heavy atom. The third-order valence-electron chi connectivity index (χ3n) is 3.59. The van der Waals surface area contributed by atoms with Crippen LogP contribution in [-0.4, -0.2) is 15.0 Å². The van der Waals surface area contributed by atoms with Gasteiger partial charge in [-0.15, -0.1) is 0 Å². The number of hydrogen-bond donors (Lipinski definition) is 1. The molecule has 0 spiro atoms. The minimum Gasteiger partial charge on any atom is -0.319 e. The first-order chi connectivity index (χ1) is 10.1. The zero-order valence-corrected chi connectivity index (χ0v) is 12.2. The van der Waals surface area contributed by atoms with E-state index in [-0.39, 0.29) is 6.04 Å². The molecule has 0 saturated heterocycles. The molecule has 1 aromatic heterocycles. The van der Waals surface area contributed by atoms with Gasteiger partial charge in [0.2, 0.25) is 0 Å². The molecule has 21 heavy (non-hydrogen) atoms. The number of aromatic nitrogens is 3. The molecule has 0 aliphatic rings. The number of aryl methyl sites for hydroxylation is 2. The van der Waals surface area contributed by atoms with Crippen LogP contribution in [0.4, 0.5) is 0 Å². The Bertz CT molecular complexity index is 746. The first-order valence-corrected chi connectivity index (χ1v) is 6.95. The van der Waals surface area contributed by atoms with Crippen molar-refractivity contribution in [1.82, 2.24) is 15.0 Å². The highest BCUT2D eigenvalue weighted by atomic mass is 15.5. The molecule has 0 aliphatic heterocycles. The van der Waals surface area contributed by atoms with Crippen molar-refractivity contribution in [3.05, 3.63) is 77.1 Å². The smallest absolute Gasteiger partial charge is 0.104 e. The Kier molecular flexibility index (Phi) is 3.54. The normalized spacial score (nSPS) is 12.3. The molecule has 106 valence electrons. The second-order valence-corrected chi connectivity index (χ2v) is 5.23.